The molecule has 0 spiro atoms. The number of benzene rings is 1. The molecule has 1 aliphatic heterocycles. The highest BCUT2D eigenvalue weighted by atomic mass is 19.1. The zero-order valence-electron chi connectivity index (χ0n) is 7.50. The number of aliphatic hydroxyl groups is 1. The monoisotopic (exact) mass is 181 g/mol. The van der Waals surface area contributed by atoms with Gasteiger partial charge in [0, 0.05) is 18.7 Å². The van der Waals surface area contributed by atoms with Crippen molar-refractivity contribution in [1.29, 1.82) is 0 Å². The molecule has 3 heteroatoms. The molecule has 2 rings (SSSR count). The van der Waals surface area contributed by atoms with Crippen molar-refractivity contribution in [2.45, 2.75) is 26.2 Å². The summed E-state index contributed by atoms with van der Waals surface area (Å²) in [5.74, 6) is -0.166. The molecule has 1 atom stereocenters. The molecule has 13 heavy (non-hydrogen) atoms. The largest absolute Gasteiger partial charge is 0.379 e. The van der Waals surface area contributed by atoms with E-state index in [1.54, 1.807) is 13.0 Å². The van der Waals surface area contributed by atoms with Gasteiger partial charge in [0.1, 0.15) is 12.0 Å². The Morgan fingerprint density at radius 2 is 2.23 bits per heavy atom. The Morgan fingerprint density at radius 1 is 1.46 bits per heavy atom. The van der Waals surface area contributed by atoms with E-state index in [1.807, 2.05) is 11.0 Å². The predicted octanol–water partition coefficient (Wildman–Crippen LogP) is 1.48. The minimum absolute atomic E-state index is 0.166. The van der Waals surface area contributed by atoms with Gasteiger partial charge in [-0.25, -0.2) is 4.39 Å². The molecular formula is C10H12FNO. The molecule has 1 aromatic rings. The molecule has 0 radical (unpaired) electrons. The van der Waals surface area contributed by atoms with Crippen LogP contribution < -0.4 is 0 Å². The lowest BCUT2D eigenvalue weighted by Gasteiger charge is -2.17. The van der Waals surface area contributed by atoms with Crippen LogP contribution in [0.1, 0.15) is 18.1 Å². The van der Waals surface area contributed by atoms with E-state index in [0.717, 1.165) is 11.1 Å². The first-order valence-electron chi connectivity index (χ1n) is 4.37. The van der Waals surface area contributed by atoms with Crippen molar-refractivity contribution >= 4 is 0 Å². The van der Waals surface area contributed by atoms with Gasteiger partial charge in [0.2, 0.25) is 0 Å². The summed E-state index contributed by atoms with van der Waals surface area (Å²) in [7, 11) is 0. The minimum Gasteiger partial charge on any atom is -0.379 e. The minimum atomic E-state index is -0.508. The average Bonchev–Trinajstić information content (AvgIpc) is 2.49. The van der Waals surface area contributed by atoms with Gasteiger partial charge < -0.3 is 5.11 Å². The second-order valence-electron chi connectivity index (χ2n) is 3.41. The Morgan fingerprint density at radius 3 is 2.85 bits per heavy atom. The number of rotatable bonds is 1. The number of nitrogens with zero attached hydrogens (tertiary/aromatic N) is 1. The molecular weight excluding hydrogens is 169 g/mol. The van der Waals surface area contributed by atoms with Crippen LogP contribution in [0.25, 0.3) is 0 Å². The molecule has 70 valence electrons. The van der Waals surface area contributed by atoms with Gasteiger partial charge in [0.15, 0.2) is 0 Å². The molecule has 0 aliphatic carbocycles. The molecule has 0 aromatic heterocycles. The van der Waals surface area contributed by atoms with Crippen LogP contribution in [0.4, 0.5) is 4.39 Å². The number of halogens is 1. The zero-order valence-corrected chi connectivity index (χ0v) is 7.50. The number of aliphatic hydroxyl groups excluding tert-OH is 1. The lowest BCUT2D eigenvalue weighted by atomic mass is 10.1. The van der Waals surface area contributed by atoms with Crippen molar-refractivity contribution < 1.29 is 9.50 Å². The lowest BCUT2D eigenvalue weighted by molar-refractivity contribution is 0.0154. The predicted molar refractivity (Wildman–Crippen MR) is 47.3 cm³/mol. The molecule has 2 nitrogen and oxygen atoms in total. The lowest BCUT2D eigenvalue weighted by Crippen LogP contribution is -2.27. The van der Waals surface area contributed by atoms with Crippen molar-refractivity contribution in [2.75, 3.05) is 0 Å². The summed E-state index contributed by atoms with van der Waals surface area (Å²) < 4.78 is 13.2. The fraction of sp³-hybridized carbons (Fsp3) is 0.400. The summed E-state index contributed by atoms with van der Waals surface area (Å²) in [6.07, 6.45) is -0.508. The summed E-state index contributed by atoms with van der Waals surface area (Å²) >= 11 is 0. The second-order valence-corrected chi connectivity index (χ2v) is 3.41. The first kappa shape index (κ1) is 8.66. The van der Waals surface area contributed by atoms with Crippen LogP contribution in [0.15, 0.2) is 18.2 Å². The second kappa shape index (κ2) is 3.09. The molecule has 1 aliphatic rings. The maximum absolute atomic E-state index is 13.2. The molecule has 0 fully saturated rings. The molecule has 0 saturated heterocycles. The Labute approximate surface area is 76.6 Å². The van der Waals surface area contributed by atoms with Crippen molar-refractivity contribution in [3.05, 3.63) is 35.1 Å². The van der Waals surface area contributed by atoms with Crippen LogP contribution in [0.5, 0.6) is 0 Å². The summed E-state index contributed by atoms with van der Waals surface area (Å²) in [5.41, 5.74) is 1.71. The van der Waals surface area contributed by atoms with Crippen LogP contribution in [0, 0.1) is 5.82 Å². The van der Waals surface area contributed by atoms with Crippen LogP contribution >= 0.6 is 0 Å². The van der Waals surface area contributed by atoms with E-state index in [0.29, 0.717) is 13.1 Å². The highest BCUT2D eigenvalue weighted by Crippen LogP contribution is 2.25. The van der Waals surface area contributed by atoms with E-state index in [9.17, 15) is 9.50 Å². The van der Waals surface area contributed by atoms with Crippen molar-refractivity contribution in [1.82, 2.24) is 4.90 Å². The SMILES string of the molecule is CC(O)N1Cc2cccc(F)c2C1. The van der Waals surface area contributed by atoms with Crippen LogP contribution in [-0.2, 0) is 13.1 Å². The van der Waals surface area contributed by atoms with Gasteiger partial charge in [-0.1, -0.05) is 12.1 Å². The highest BCUT2D eigenvalue weighted by Gasteiger charge is 2.23. The van der Waals surface area contributed by atoms with Gasteiger partial charge in [-0.05, 0) is 18.6 Å². The molecule has 1 aromatic carbocycles. The normalized spacial score (nSPS) is 18.7. The number of hydrogen-bond acceptors (Lipinski definition) is 2. The van der Waals surface area contributed by atoms with E-state index in [1.165, 1.54) is 6.07 Å². The van der Waals surface area contributed by atoms with Gasteiger partial charge in [-0.15, -0.1) is 0 Å². The summed E-state index contributed by atoms with van der Waals surface area (Å²) in [5, 5.41) is 9.32. The van der Waals surface area contributed by atoms with E-state index in [2.05, 4.69) is 0 Å². The third-order valence-electron chi connectivity index (χ3n) is 2.48. The van der Waals surface area contributed by atoms with Gasteiger partial charge in [-0.3, -0.25) is 4.90 Å². The van der Waals surface area contributed by atoms with Crippen LogP contribution in [0.3, 0.4) is 0 Å². The maximum atomic E-state index is 13.2. The molecule has 1 N–H and O–H groups in total. The van der Waals surface area contributed by atoms with E-state index in [-0.39, 0.29) is 5.82 Å². The Bertz CT molecular complexity index is 325. The maximum Gasteiger partial charge on any atom is 0.128 e. The smallest absolute Gasteiger partial charge is 0.128 e. The van der Waals surface area contributed by atoms with Crippen molar-refractivity contribution in [2.24, 2.45) is 0 Å². The molecule has 0 saturated carbocycles. The average molecular weight is 181 g/mol. The molecule has 0 bridgehead atoms. The highest BCUT2D eigenvalue weighted by molar-refractivity contribution is 5.31. The number of fused-ring (bicyclic) bond motifs is 1. The third-order valence-corrected chi connectivity index (χ3v) is 2.48. The number of hydrogen-bond donors (Lipinski definition) is 1. The topological polar surface area (TPSA) is 23.5 Å². The summed E-state index contributed by atoms with van der Waals surface area (Å²) in [6, 6.07) is 5.07. The fourth-order valence-corrected chi connectivity index (χ4v) is 1.67. The first-order chi connectivity index (χ1) is 6.18. The van der Waals surface area contributed by atoms with Crippen LogP contribution in [0.2, 0.25) is 0 Å². The van der Waals surface area contributed by atoms with E-state index < -0.39 is 6.23 Å². The quantitative estimate of drug-likeness (QED) is 0.709. The summed E-state index contributed by atoms with van der Waals surface area (Å²) in [6.45, 7) is 2.86. The third kappa shape index (κ3) is 1.45. The van der Waals surface area contributed by atoms with Crippen LogP contribution in [-0.4, -0.2) is 16.2 Å². The van der Waals surface area contributed by atoms with E-state index in [4.69, 9.17) is 0 Å². The molecule has 1 unspecified atom stereocenters. The van der Waals surface area contributed by atoms with Gasteiger partial charge >= 0.3 is 0 Å². The van der Waals surface area contributed by atoms with Gasteiger partial charge in [-0.2, -0.15) is 0 Å². The molecule has 0 amide bonds. The Balaban J connectivity index is 2.30. The molecule has 1 heterocycles. The van der Waals surface area contributed by atoms with Crippen molar-refractivity contribution in [3.8, 4) is 0 Å². The first-order valence-corrected chi connectivity index (χ1v) is 4.37. The Kier molecular flexibility index (Phi) is 2.06. The zero-order chi connectivity index (χ0) is 9.42. The fourth-order valence-electron chi connectivity index (χ4n) is 1.67. The van der Waals surface area contributed by atoms with E-state index >= 15 is 0 Å². The van der Waals surface area contributed by atoms with Gasteiger partial charge in [0.05, 0.1) is 0 Å². The Hall–Kier alpha value is -0.930. The van der Waals surface area contributed by atoms with Crippen molar-refractivity contribution in [3.63, 3.8) is 0 Å². The van der Waals surface area contributed by atoms with Gasteiger partial charge in [0.25, 0.3) is 0 Å². The summed E-state index contributed by atoms with van der Waals surface area (Å²) in [4.78, 5) is 1.83. The standard InChI is InChI=1S/C10H12FNO/c1-7(13)12-5-8-3-2-4-10(11)9(8)6-12/h2-4,7,13H,5-6H2,1H3.